The molecule has 0 spiro atoms. The predicted molar refractivity (Wildman–Crippen MR) is 115 cm³/mol. The molecule has 146 valence electrons. The van der Waals surface area contributed by atoms with Crippen molar-refractivity contribution in [1.82, 2.24) is 10.2 Å². The Bertz CT molecular complexity index is 859. The monoisotopic (exact) mass is 397 g/mol. The highest BCUT2D eigenvalue weighted by atomic mass is 32.1. The first-order chi connectivity index (χ1) is 13.4. The highest BCUT2D eigenvalue weighted by Gasteiger charge is 2.08. The number of anilines is 1. The molecule has 0 aliphatic carbocycles. The summed E-state index contributed by atoms with van der Waals surface area (Å²) >= 11 is 5.15. The van der Waals surface area contributed by atoms with Gasteiger partial charge in [0.25, 0.3) is 5.91 Å². The molecule has 0 heterocycles. The number of carbonyl (C=O) groups excluding carboxylic acids is 2. The van der Waals surface area contributed by atoms with Gasteiger partial charge in [0.2, 0.25) is 5.91 Å². The maximum absolute atomic E-state index is 12.0. The number of rotatable bonds is 6. The molecule has 28 heavy (non-hydrogen) atoms. The summed E-state index contributed by atoms with van der Waals surface area (Å²) in [4.78, 5) is 25.4. The molecule has 2 aromatic carbocycles. The third-order valence-electron chi connectivity index (χ3n) is 3.65. The fourth-order valence-electron chi connectivity index (χ4n) is 2.28. The van der Waals surface area contributed by atoms with E-state index in [1.807, 2.05) is 31.2 Å². The first-order valence-corrected chi connectivity index (χ1v) is 9.14. The second-order valence-corrected chi connectivity index (χ2v) is 6.46. The third-order valence-corrected chi connectivity index (χ3v) is 3.86. The Morgan fingerprint density at radius 1 is 1.07 bits per heavy atom. The van der Waals surface area contributed by atoms with Crippen molar-refractivity contribution in [2.75, 3.05) is 26.0 Å². The maximum Gasteiger partial charge on any atom is 0.253 e. The Morgan fingerprint density at radius 2 is 1.71 bits per heavy atom. The molecule has 0 saturated heterocycles. The Hall–Kier alpha value is -3.19. The molecule has 2 rings (SSSR count). The predicted octanol–water partition coefficient (Wildman–Crippen LogP) is 3.31. The van der Waals surface area contributed by atoms with Crippen LogP contribution in [0.5, 0.6) is 5.75 Å². The molecule has 2 N–H and O–H groups in total. The fourth-order valence-corrected chi connectivity index (χ4v) is 2.50. The van der Waals surface area contributed by atoms with E-state index in [9.17, 15) is 9.59 Å². The largest absolute Gasteiger partial charge is 0.494 e. The number of benzene rings is 2. The topological polar surface area (TPSA) is 70.7 Å². The minimum atomic E-state index is -0.342. The molecule has 0 aliphatic rings. The van der Waals surface area contributed by atoms with Crippen molar-refractivity contribution in [2.45, 2.75) is 6.92 Å². The Morgan fingerprint density at radius 3 is 2.29 bits per heavy atom. The number of nitrogens with one attached hydrogen (secondary N) is 2. The van der Waals surface area contributed by atoms with Gasteiger partial charge in [0, 0.05) is 31.4 Å². The number of nitrogens with zero attached hydrogens (tertiary/aromatic N) is 1. The van der Waals surface area contributed by atoms with E-state index < -0.39 is 0 Å². The summed E-state index contributed by atoms with van der Waals surface area (Å²) in [7, 11) is 3.39. The second kappa shape index (κ2) is 10.2. The summed E-state index contributed by atoms with van der Waals surface area (Å²) in [5.41, 5.74) is 2.12. The van der Waals surface area contributed by atoms with Gasteiger partial charge in [-0.2, -0.15) is 0 Å². The quantitative estimate of drug-likeness (QED) is 0.578. The van der Waals surface area contributed by atoms with Gasteiger partial charge < -0.3 is 15.0 Å². The van der Waals surface area contributed by atoms with E-state index in [2.05, 4.69) is 10.6 Å². The highest BCUT2D eigenvalue weighted by Crippen LogP contribution is 2.13. The summed E-state index contributed by atoms with van der Waals surface area (Å²) in [5, 5.41) is 5.67. The van der Waals surface area contributed by atoms with Gasteiger partial charge >= 0.3 is 0 Å². The number of hydrogen-bond acceptors (Lipinski definition) is 4. The van der Waals surface area contributed by atoms with E-state index in [-0.39, 0.29) is 16.9 Å². The maximum atomic E-state index is 12.0. The molecule has 0 aromatic heterocycles. The van der Waals surface area contributed by atoms with Crippen LogP contribution in [0.3, 0.4) is 0 Å². The molecule has 0 fully saturated rings. The Kier molecular flexibility index (Phi) is 7.71. The molecule has 7 heteroatoms. The van der Waals surface area contributed by atoms with Crippen molar-refractivity contribution in [3.8, 4) is 5.75 Å². The summed E-state index contributed by atoms with van der Waals surface area (Å²) in [6.07, 6.45) is 3.10. The second-order valence-electron chi connectivity index (χ2n) is 6.06. The lowest BCUT2D eigenvalue weighted by atomic mass is 10.2. The molecule has 2 aromatic rings. The van der Waals surface area contributed by atoms with Crippen molar-refractivity contribution >= 4 is 40.9 Å². The zero-order chi connectivity index (χ0) is 20.5. The van der Waals surface area contributed by atoms with Gasteiger partial charge in [-0.25, -0.2) is 0 Å². The van der Waals surface area contributed by atoms with Crippen LogP contribution in [0.15, 0.2) is 54.6 Å². The summed E-state index contributed by atoms with van der Waals surface area (Å²) in [6.45, 7) is 2.53. The van der Waals surface area contributed by atoms with Gasteiger partial charge in [-0.05, 0) is 67.2 Å². The SMILES string of the molecule is CCOc1ccc(/C=C/C(=O)NC(=S)Nc2ccc(C(=O)N(C)C)cc2)cc1. The third kappa shape index (κ3) is 6.51. The molecule has 0 bridgehead atoms. The molecule has 2 amide bonds. The molecule has 0 saturated carbocycles. The lowest BCUT2D eigenvalue weighted by Crippen LogP contribution is -2.32. The van der Waals surface area contributed by atoms with E-state index in [1.54, 1.807) is 44.4 Å². The zero-order valence-corrected chi connectivity index (χ0v) is 16.9. The van der Waals surface area contributed by atoms with Gasteiger partial charge in [0.05, 0.1) is 6.61 Å². The van der Waals surface area contributed by atoms with Gasteiger partial charge in [0.1, 0.15) is 5.75 Å². The minimum absolute atomic E-state index is 0.0816. The highest BCUT2D eigenvalue weighted by molar-refractivity contribution is 7.80. The van der Waals surface area contributed by atoms with E-state index >= 15 is 0 Å². The fraction of sp³-hybridized carbons (Fsp3) is 0.190. The first-order valence-electron chi connectivity index (χ1n) is 8.73. The smallest absolute Gasteiger partial charge is 0.253 e. The van der Waals surface area contributed by atoms with Crippen molar-refractivity contribution < 1.29 is 14.3 Å². The normalized spacial score (nSPS) is 10.4. The lowest BCUT2D eigenvalue weighted by Gasteiger charge is -2.11. The number of hydrogen-bond donors (Lipinski definition) is 2. The molecule has 6 nitrogen and oxygen atoms in total. The summed E-state index contributed by atoms with van der Waals surface area (Å²) in [6, 6.07) is 14.3. The van der Waals surface area contributed by atoms with E-state index in [0.29, 0.717) is 17.9 Å². The van der Waals surface area contributed by atoms with Crippen molar-refractivity contribution in [1.29, 1.82) is 0 Å². The molecular formula is C21H23N3O3S. The Balaban J connectivity index is 1.86. The van der Waals surface area contributed by atoms with Crippen LogP contribution >= 0.6 is 12.2 Å². The van der Waals surface area contributed by atoms with E-state index in [0.717, 1.165) is 11.3 Å². The average molecular weight is 398 g/mol. The van der Waals surface area contributed by atoms with Crippen LogP contribution in [0.2, 0.25) is 0 Å². The number of amides is 2. The summed E-state index contributed by atoms with van der Waals surface area (Å²) < 4.78 is 5.38. The van der Waals surface area contributed by atoms with Crippen LogP contribution in [0.1, 0.15) is 22.8 Å². The van der Waals surface area contributed by atoms with Crippen LogP contribution in [-0.2, 0) is 4.79 Å². The lowest BCUT2D eigenvalue weighted by molar-refractivity contribution is -0.115. The van der Waals surface area contributed by atoms with Gasteiger partial charge in [-0.1, -0.05) is 12.1 Å². The molecule has 0 radical (unpaired) electrons. The zero-order valence-electron chi connectivity index (χ0n) is 16.1. The molecular weight excluding hydrogens is 374 g/mol. The minimum Gasteiger partial charge on any atom is -0.494 e. The molecule has 0 unspecified atom stereocenters. The van der Waals surface area contributed by atoms with E-state index in [1.165, 1.54) is 11.0 Å². The van der Waals surface area contributed by atoms with Gasteiger partial charge in [-0.3, -0.25) is 14.9 Å². The van der Waals surface area contributed by atoms with Crippen LogP contribution in [0.4, 0.5) is 5.69 Å². The number of carbonyl (C=O) groups is 2. The van der Waals surface area contributed by atoms with Crippen LogP contribution in [0, 0.1) is 0 Å². The van der Waals surface area contributed by atoms with Gasteiger partial charge in [0.15, 0.2) is 5.11 Å². The van der Waals surface area contributed by atoms with E-state index in [4.69, 9.17) is 17.0 Å². The standard InChI is InChI=1S/C21H23N3O3S/c1-4-27-18-12-5-15(6-13-18)7-14-19(25)23-21(28)22-17-10-8-16(9-11-17)20(26)24(2)3/h5-14H,4H2,1-3H3,(H2,22,23,25,28)/b14-7+. The molecule has 0 atom stereocenters. The van der Waals surface area contributed by atoms with Crippen molar-refractivity contribution in [2.24, 2.45) is 0 Å². The number of ether oxygens (including phenoxy) is 1. The van der Waals surface area contributed by atoms with Crippen LogP contribution < -0.4 is 15.4 Å². The van der Waals surface area contributed by atoms with Crippen molar-refractivity contribution in [3.05, 3.63) is 65.7 Å². The first kappa shape index (κ1) is 21.1. The Labute approximate surface area is 170 Å². The van der Waals surface area contributed by atoms with Gasteiger partial charge in [-0.15, -0.1) is 0 Å². The van der Waals surface area contributed by atoms with Crippen LogP contribution in [-0.4, -0.2) is 42.5 Å². The van der Waals surface area contributed by atoms with Crippen molar-refractivity contribution in [3.63, 3.8) is 0 Å². The molecule has 0 aliphatic heterocycles. The number of thiocarbonyl (C=S) groups is 1. The van der Waals surface area contributed by atoms with Crippen LogP contribution in [0.25, 0.3) is 6.08 Å². The summed E-state index contributed by atoms with van der Waals surface area (Å²) in [5.74, 6) is 0.362. The average Bonchev–Trinajstić information content (AvgIpc) is 2.67.